The fourth-order valence-electron chi connectivity index (χ4n) is 2.02. The molecule has 18 heavy (non-hydrogen) atoms. The van der Waals surface area contributed by atoms with Gasteiger partial charge in [-0.15, -0.1) is 0 Å². The number of hydrogen-bond acceptors (Lipinski definition) is 2. The van der Waals surface area contributed by atoms with Gasteiger partial charge in [-0.05, 0) is 51.0 Å². The second-order valence-corrected chi connectivity index (χ2v) is 7.83. The predicted octanol–water partition coefficient (Wildman–Crippen LogP) is 3.71. The Morgan fingerprint density at radius 2 is 2.00 bits per heavy atom. The fourth-order valence-corrected chi connectivity index (χ4v) is 2.56. The minimum atomic E-state index is -1.11. The molecule has 1 aliphatic carbocycles. The minimum Gasteiger partial charge on any atom is -0.591 e. The van der Waals surface area contributed by atoms with Crippen molar-refractivity contribution in [1.82, 2.24) is 0 Å². The van der Waals surface area contributed by atoms with E-state index in [-0.39, 0.29) is 4.75 Å². The first-order valence-electron chi connectivity index (χ1n) is 6.48. The number of nitrogens with zero attached hydrogens (tertiary/aromatic N) is 1. The number of hydrogen-bond donors (Lipinski definition) is 0. The van der Waals surface area contributed by atoms with Gasteiger partial charge in [0.05, 0.1) is 6.21 Å². The van der Waals surface area contributed by atoms with Gasteiger partial charge < -0.3 is 4.55 Å². The Morgan fingerprint density at radius 1 is 1.33 bits per heavy atom. The maximum Gasteiger partial charge on any atom is 0.144 e. The maximum absolute atomic E-state index is 11.7. The van der Waals surface area contributed by atoms with Crippen LogP contribution in [0, 0.1) is 5.92 Å². The van der Waals surface area contributed by atoms with E-state index in [0.717, 1.165) is 6.42 Å². The molecule has 0 saturated heterocycles. The van der Waals surface area contributed by atoms with Crippen LogP contribution in [0.5, 0.6) is 0 Å². The molecule has 3 heteroatoms. The Labute approximate surface area is 113 Å². The van der Waals surface area contributed by atoms with Crippen molar-refractivity contribution >= 4 is 17.6 Å². The van der Waals surface area contributed by atoms with Crippen molar-refractivity contribution in [3.8, 4) is 0 Å². The maximum atomic E-state index is 11.7. The summed E-state index contributed by atoms with van der Waals surface area (Å²) in [6.07, 6.45) is 4.04. The molecule has 1 aliphatic rings. The molecule has 0 aliphatic heterocycles. The van der Waals surface area contributed by atoms with E-state index in [1.54, 1.807) is 0 Å². The van der Waals surface area contributed by atoms with Crippen LogP contribution in [0.2, 0.25) is 0 Å². The largest absolute Gasteiger partial charge is 0.591 e. The van der Waals surface area contributed by atoms with Crippen molar-refractivity contribution < 1.29 is 4.55 Å². The summed E-state index contributed by atoms with van der Waals surface area (Å²) in [4.78, 5) is 0. The van der Waals surface area contributed by atoms with Gasteiger partial charge in [0.2, 0.25) is 0 Å². The van der Waals surface area contributed by atoms with E-state index in [0.29, 0.717) is 11.8 Å². The van der Waals surface area contributed by atoms with E-state index in [1.807, 2.05) is 27.0 Å². The van der Waals surface area contributed by atoms with Crippen LogP contribution in [0.25, 0.3) is 0 Å². The van der Waals surface area contributed by atoms with Gasteiger partial charge in [-0.2, -0.15) is 0 Å². The molecule has 0 bridgehead atoms. The van der Waals surface area contributed by atoms with E-state index >= 15 is 0 Å². The first kappa shape index (κ1) is 13.6. The van der Waals surface area contributed by atoms with Crippen LogP contribution in [-0.4, -0.2) is 15.5 Å². The molecule has 1 saturated carbocycles. The van der Waals surface area contributed by atoms with Crippen LogP contribution < -0.4 is 0 Å². The van der Waals surface area contributed by atoms with Crippen LogP contribution in [0.3, 0.4) is 0 Å². The Kier molecular flexibility index (Phi) is 4.13. The number of benzene rings is 1. The van der Waals surface area contributed by atoms with Crippen molar-refractivity contribution in [3.63, 3.8) is 0 Å². The summed E-state index contributed by atoms with van der Waals surface area (Å²) >= 11 is -1.11. The average molecular weight is 263 g/mol. The normalized spacial score (nSPS) is 25.3. The molecular weight excluding hydrogens is 242 g/mol. The Balaban J connectivity index is 1.79. The molecule has 0 aromatic heterocycles. The van der Waals surface area contributed by atoms with Gasteiger partial charge in [0.25, 0.3) is 0 Å². The third kappa shape index (κ3) is 3.59. The molecule has 3 atom stereocenters. The topological polar surface area (TPSA) is 35.4 Å². The van der Waals surface area contributed by atoms with Crippen molar-refractivity contribution in [2.24, 2.45) is 10.3 Å². The highest BCUT2D eigenvalue weighted by atomic mass is 32.2. The van der Waals surface area contributed by atoms with E-state index in [2.05, 4.69) is 34.7 Å². The van der Waals surface area contributed by atoms with E-state index in [9.17, 15) is 4.55 Å². The molecule has 1 aromatic carbocycles. The molecule has 2 rings (SSSR count). The van der Waals surface area contributed by atoms with Crippen LogP contribution in [0.1, 0.15) is 45.1 Å². The lowest BCUT2D eigenvalue weighted by molar-refractivity contribution is 0.561. The van der Waals surface area contributed by atoms with Crippen LogP contribution in [0.15, 0.2) is 34.7 Å². The third-order valence-electron chi connectivity index (χ3n) is 3.25. The zero-order valence-corrected chi connectivity index (χ0v) is 12.1. The SMILES string of the molecule is CC(C)(C)[S+]([O-])N=CC[C@H]1C[C@@H]1c1ccccc1. The summed E-state index contributed by atoms with van der Waals surface area (Å²) in [7, 11) is 0. The first-order valence-corrected chi connectivity index (χ1v) is 7.58. The molecule has 1 fully saturated rings. The zero-order chi connectivity index (χ0) is 13.2. The molecule has 1 unspecified atom stereocenters. The fraction of sp³-hybridized carbons (Fsp3) is 0.533. The van der Waals surface area contributed by atoms with Crippen LogP contribution >= 0.6 is 0 Å². The van der Waals surface area contributed by atoms with Gasteiger partial charge in [-0.3, -0.25) is 0 Å². The summed E-state index contributed by atoms with van der Waals surface area (Å²) in [5.74, 6) is 1.37. The third-order valence-corrected chi connectivity index (χ3v) is 4.64. The van der Waals surface area contributed by atoms with Gasteiger partial charge in [-0.1, -0.05) is 34.7 Å². The van der Waals surface area contributed by atoms with Crippen LogP contribution in [-0.2, 0) is 11.4 Å². The monoisotopic (exact) mass is 263 g/mol. The van der Waals surface area contributed by atoms with Crippen LogP contribution in [0.4, 0.5) is 0 Å². The average Bonchev–Trinajstić information content (AvgIpc) is 3.08. The van der Waals surface area contributed by atoms with Crippen molar-refractivity contribution in [3.05, 3.63) is 35.9 Å². The smallest absolute Gasteiger partial charge is 0.144 e. The molecule has 0 N–H and O–H groups in total. The van der Waals surface area contributed by atoms with Gasteiger partial charge in [0.1, 0.15) is 16.1 Å². The quantitative estimate of drug-likeness (QED) is 0.602. The van der Waals surface area contributed by atoms with Gasteiger partial charge in [0, 0.05) is 0 Å². The summed E-state index contributed by atoms with van der Waals surface area (Å²) in [6, 6.07) is 10.6. The summed E-state index contributed by atoms with van der Waals surface area (Å²) in [6.45, 7) is 5.85. The highest BCUT2D eigenvalue weighted by molar-refractivity contribution is 7.91. The zero-order valence-electron chi connectivity index (χ0n) is 11.3. The van der Waals surface area contributed by atoms with Crippen molar-refractivity contribution in [2.75, 3.05) is 0 Å². The van der Waals surface area contributed by atoms with Crippen molar-refractivity contribution in [2.45, 2.75) is 44.3 Å². The van der Waals surface area contributed by atoms with Crippen molar-refractivity contribution in [1.29, 1.82) is 0 Å². The number of rotatable bonds is 4. The van der Waals surface area contributed by atoms with E-state index in [1.165, 1.54) is 12.0 Å². The summed E-state index contributed by atoms with van der Waals surface area (Å²) in [5, 5.41) is 0. The molecule has 0 radical (unpaired) electrons. The summed E-state index contributed by atoms with van der Waals surface area (Å²) in [5.41, 5.74) is 1.42. The lowest BCUT2D eigenvalue weighted by Crippen LogP contribution is -2.25. The molecule has 1 aromatic rings. The molecule has 0 amide bonds. The predicted molar refractivity (Wildman–Crippen MR) is 78.3 cm³/mol. The van der Waals surface area contributed by atoms with E-state index < -0.39 is 11.4 Å². The van der Waals surface area contributed by atoms with Gasteiger partial charge in [0.15, 0.2) is 0 Å². The second-order valence-electron chi connectivity index (χ2n) is 5.90. The molecule has 2 nitrogen and oxygen atoms in total. The Morgan fingerprint density at radius 3 is 2.61 bits per heavy atom. The highest BCUT2D eigenvalue weighted by Crippen LogP contribution is 2.49. The van der Waals surface area contributed by atoms with E-state index in [4.69, 9.17) is 0 Å². The lowest BCUT2D eigenvalue weighted by Gasteiger charge is -2.17. The highest BCUT2D eigenvalue weighted by Gasteiger charge is 2.37. The summed E-state index contributed by atoms with van der Waals surface area (Å²) < 4.78 is 15.6. The minimum absolute atomic E-state index is 0.251. The molecule has 0 spiro atoms. The molecular formula is C15H21NOS. The lowest BCUT2D eigenvalue weighted by atomic mass is 10.1. The van der Waals surface area contributed by atoms with Gasteiger partial charge >= 0.3 is 0 Å². The first-order chi connectivity index (χ1) is 8.48. The molecule has 98 valence electrons. The Bertz CT molecular complexity index is 410. The molecule has 0 heterocycles. The van der Waals surface area contributed by atoms with Gasteiger partial charge in [-0.25, -0.2) is 0 Å². The standard InChI is InChI=1S/C15H21NOS/c1-15(2,3)18(17)16-10-9-13-11-14(13)12-7-5-4-6-8-12/h4-8,10,13-14H,9,11H2,1-3H3/t13-,14+,18?/m0/s1. The Hall–Kier alpha value is -0.800. The second kappa shape index (κ2) is 5.45.